The molecule has 1 aromatic rings. The third-order valence-electron chi connectivity index (χ3n) is 4.16. The number of carbonyl (C=O) groups is 2. The molecule has 1 saturated heterocycles. The predicted octanol–water partition coefficient (Wildman–Crippen LogP) is 1.37. The molecule has 0 spiro atoms. The van der Waals surface area contributed by atoms with Gasteiger partial charge in [-0.3, -0.25) is 9.69 Å². The molecule has 1 N–H and O–H groups in total. The Kier molecular flexibility index (Phi) is 3.34. The van der Waals surface area contributed by atoms with Gasteiger partial charge in [-0.05, 0) is 24.3 Å². The van der Waals surface area contributed by atoms with Gasteiger partial charge in [-0.25, -0.2) is 4.79 Å². The molecule has 0 unspecified atom stereocenters. The van der Waals surface area contributed by atoms with Crippen LogP contribution in [0.4, 0.5) is 4.79 Å². The van der Waals surface area contributed by atoms with Gasteiger partial charge in [0.1, 0.15) is 6.54 Å². The number of hydrogen-bond donors (Lipinski definition) is 1. The zero-order valence-electron chi connectivity index (χ0n) is 11.6. The summed E-state index contributed by atoms with van der Waals surface area (Å²) in [7, 11) is 1.71. The summed E-state index contributed by atoms with van der Waals surface area (Å²) in [6.07, 6.45) is 1.96. The Hall–Kier alpha value is -2.04. The van der Waals surface area contributed by atoms with E-state index in [1.807, 2.05) is 18.2 Å². The number of nitrogens with zero attached hydrogens (tertiary/aromatic N) is 2. The fourth-order valence-corrected chi connectivity index (χ4v) is 2.80. The summed E-state index contributed by atoms with van der Waals surface area (Å²) in [5.41, 5.74) is 1.34. The molecule has 0 radical (unpaired) electrons. The van der Waals surface area contributed by atoms with Gasteiger partial charge in [0.15, 0.2) is 0 Å². The SMILES string of the molecule is CN1CN(C(=O)NC2CC(c3ccccc3)C2)CC1=O. The van der Waals surface area contributed by atoms with Gasteiger partial charge >= 0.3 is 6.03 Å². The summed E-state index contributed by atoms with van der Waals surface area (Å²) in [4.78, 5) is 26.5. The van der Waals surface area contributed by atoms with E-state index < -0.39 is 0 Å². The minimum absolute atomic E-state index is 0.00378. The summed E-state index contributed by atoms with van der Waals surface area (Å²) in [6, 6.07) is 10.5. The minimum atomic E-state index is -0.126. The molecule has 1 aromatic carbocycles. The van der Waals surface area contributed by atoms with E-state index in [0.717, 1.165) is 12.8 Å². The van der Waals surface area contributed by atoms with E-state index in [2.05, 4.69) is 17.4 Å². The smallest absolute Gasteiger partial charge is 0.319 e. The zero-order chi connectivity index (χ0) is 14.1. The quantitative estimate of drug-likeness (QED) is 0.885. The van der Waals surface area contributed by atoms with Crippen molar-refractivity contribution < 1.29 is 9.59 Å². The van der Waals surface area contributed by atoms with Crippen LogP contribution >= 0.6 is 0 Å². The zero-order valence-corrected chi connectivity index (χ0v) is 11.6. The average Bonchev–Trinajstić information content (AvgIpc) is 2.74. The van der Waals surface area contributed by atoms with Crippen LogP contribution in [-0.4, -0.2) is 48.0 Å². The molecule has 2 fully saturated rings. The summed E-state index contributed by atoms with van der Waals surface area (Å²) in [6.45, 7) is 0.580. The van der Waals surface area contributed by atoms with Crippen molar-refractivity contribution in [1.29, 1.82) is 0 Å². The van der Waals surface area contributed by atoms with E-state index >= 15 is 0 Å². The van der Waals surface area contributed by atoms with Gasteiger partial charge in [0.05, 0.1) is 6.67 Å². The van der Waals surface area contributed by atoms with Crippen LogP contribution in [0.1, 0.15) is 24.3 Å². The maximum Gasteiger partial charge on any atom is 0.319 e. The predicted molar refractivity (Wildman–Crippen MR) is 75.1 cm³/mol. The lowest BCUT2D eigenvalue weighted by Crippen LogP contribution is -2.49. The molecule has 2 aliphatic rings. The van der Waals surface area contributed by atoms with Crippen LogP contribution in [0.25, 0.3) is 0 Å². The average molecular weight is 273 g/mol. The van der Waals surface area contributed by atoms with Gasteiger partial charge in [0.2, 0.25) is 5.91 Å². The van der Waals surface area contributed by atoms with E-state index in [0.29, 0.717) is 12.6 Å². The molecule has 106 valence electrons. The number of benzene rings is 1. The Labute approximate surface area is 118 Å². The van der Waals surface area contributed by atoms with Crippen LogP contribution in [0.3, 0.4) is 0 Å². The van der Waals surface area contributed by atoms with Crippen molar-refractivity contribution in [3.63, 3.8) is 0 Å². The van der Waals surface area contributed by atoms with E-state index in [1.165, 1.54) is 5.56 Å². The van der Waals surface area contributed by atoms with Crippen molar-refractivity contribution in [2.45, 2.75) is 24.8 Å². The molecule has 0 aromatic heterocycles. The van der Waals surface area contributed by atoms with Crippen LogP contribution in [0.15, 0.2) is 30.3 Å². The van der Waals surface area contributed by atoms with Crippen LogP contribution in [0.2, 0.25) is 0 Å². The first-order chi connectivity index (χ1) is 9.63. The van der Waals surface area contributed by atoms with E-state index in [4.69, 9.17) is 0 Å². The molecule has 3 rings (SSSR count). The molecule has 1 saturated carbocycles. The highest BCUT2D eigenvalue weighted by atomic mass is 16.2. The monoisotopic (exact) mass is 273 g/mol. The van der Waals surface area contributed by atoms with Gasteiger partial charge in [-0.15, -0.1) is 0 Å². The second kappa shape index (κ2) is 5.15. The molecule has 1 aliphatic carbocycles. The number of hydrogen-bond acceptors (Lipinski definition) is 2. The van der Waals surface area contributed by atoms with E-state index in [9.17, 15) is 9.59 Å². The van der Waals surface area contributed by atoms with Gasteiger partial charge in [-0.2, -0.15) is 0 Å². The van der Waals surface area contributed by atoms with Gasteiger partial charge in [0.25, 0.3) is 0 Å². The first kappa shape index (κ1) is 13.0. The topological polar surface area (TPSA) is 52.6 Å². The maximum absolute atomic E-state index is 12.0. The van der Waals surface area contributed by atoms with Crippen molar-refractivity contribution in [3.8, 4) is 0 Å². The second-order valence-corrected chi connectivity index (χ2v) is 5.66. The van der Waals surface area contributed by atoms with Gasteiger partial charge in [-0.1, -0.05) is 30.3 Å². The van der Waals surface area contributed by atoms with Crippen LogP contribution in [0.5, 0.6) is 0 Å². The fraction of sp³-hybridized carbons (Fsp3) is 0.467. The molecule has 5 heteroatoms. The van der Waals surface area contributed by atoms with Crippen LogP contribution in [0, 0.1) is 0 Å². The standard InChI is InChI=1S/C15H19N3O2/c1-17-10-18(9-14(17)19)15(20)16-13-7-12(8-13)11-5-3-2-4-6-11/h2-6,12-13H,7-10H2,1H3,(H,16,20). The summed E-state index contributed by atoms with van der Waals surface area (Å²) in [5, 5.41) is 3.01. The van der Waals surface area contributed by atoms with Crippen molar-refractivity contribution >= 4 is 11.9 Å². The Morgan fingerprint density at radius 2 is 1.95 bits per heavy atom. The number of carbonyl (C=O) groups excluding carboxylic acids is 2. The normalized spacial score (nSPS) is 25.6. The highest BCUT2D eigenvalue weighted by Crippen LogP contribution is 2.36. The number of rotatable bonds is 2. The largest absolute Gasteiger partial charge is 0.335 e. The van der Waals surface area contributed by atoms with Crippen molar-refractivity contribution in [1.82, 2.24) is 15.1 Å². The third-order valence-corrected chi connectivity index (χ3v) is 4.16. The number of urea groups is 1. The Bertz CT molecular complexity index is 511. The third kappa shape index (κ3) is 2.48. The molecule has 20 heavy (non-hydrogen) atoms. The summed E-state index contributed by atoms with van der Waals surface area (Å²) >= 11 is 0. The second-order valence-electron chi connectivity index (χ2n) is 5.66. The molecule has 3 amide bonds. The van der Waals surface area contributed by atoms with Crippen molar-refractivity contribution in [3.05, 3.63) is 35.9 Å². The number of amides is 3. The molecule has 1 heterocycles. The molecular weight excluding hydrogens is 254 g/mol. The highest BCUT2D eigenvalue weighted by Gasteiger charge is 2.34. The summed E-state index contributed by atoms with van der Waals surface area (Å²) < 4.78 is 0. The Morgan fingerprint density at radius 3 is 2.55 bits per heavy atom. The molecule has 1 aliphatic heterocycles. The Morgan fingerprint density at radius 1 is 1.25 bits per heavy atom. The lowest BCUT2D eigenvalue weighted by Gasteiger charge is -2.37. The van der Waals surface area contributed by atoms with E-state index in [-0.39, 0.29) is 24.5 Å². The molecule has 5 nitrogen and oxygen atoms in total. The molecule has 0 bridgehead atoms. The van der Waals surface area contributed by atoms with Crippen LogP contribution < -0.4 is 5.32 Å². The lowest BCUT2D eigenvalue weighted by atomic mass is 9.76. The molecule has 0 atom stereocenters. The highest BCUT2D eigenvalue weighted by molar-refractivity contribution is 5.87. The summed E-state index contributed by atoms with van der Waals surface area (Å²) in [5.74, 6) is 0.542. The first-order valence-corrected chi connectivity index (χ1v) is 6.98. The minimum Gasteiger partial charge on any atom is -0.335 e. The number of likely N-dealkylation sites (N-methyl/N-ethyl adjacent to an activating group) is 1. The van der Waals surface area contributed by atoms with Gasteiger partial charge in [0, 0.05) is 13.1 Å². The maximum atomic E-state index is 12.0. The van der Waals surface area contributed by atoms with Crippen molar-refractivity contribution in [2.75, 3.05) is 20.3 Å². The lowest BCUT2D eigenvalue weighted by molar-refractivity contribution is -0.125. The van der Waals surface area contributed by atoms with Gasteiger partial charge < -0.3 is 10.2 Å². The van der Waals surface area contributed by atoms with Crippen LogP contribution in [-0.2, 0) is 4.79 Å². The van der Waals surface area contributed by atoms with E-state index in [1.54, 1.807) is 16.8 Å². The van der Waals surface area contributed by atoms with Crippen molar-refractivity contribution in [2.24, 2.45) is 0 Å². The fourth-order valence-electron chi connectivity index (χ4n) is 2.80. The Balaban J connectivity index is 1.47. The molecular formula is C15H19N3O2. The first-order valence-electron chi connectivity index (χ1n) is 6.98. The number of nitrogens with one attached hydrogen (secondary N) is 1.